The van der Waals surface area contributed by atoms with Crippen LogP contribution in [0.1, 0.15) is 38.2 Å². The van der Waals surface area contributed by atoms with E-state index < -0.39 is 11.6 Å². The highest BCUT2D eigenvalue weighted by molar-refractivity contribution is 7.23. The number of nitrogen functional groups attached to an aromatic ring is 1. The summed E-state index contributed by atoms with van der Waals surface area (Å²) in [5.41, 5.74) is 6.94. The van der Waals surface area contributed by atoms with Gasteiger partial charge >= 0.3 is 6.01 Å². The summed E-state index contributed by atoms with van der Waals surface area (Å²) in [6.45, 7) is 5.30. The monoisotopic (exact) mass is 659 g/mol. The second-order valence-electron chi connectivity index (χ2n) is 12.6. The molecule has 2 N–H and O–H groups in total. The quantitative estimate of drug-likeness (QED) is 0.242. The molecule has 4 aliphatic heterocycles. The fourth-order valence-electron chi connectivity index (χ4n) is 8.05. The van der Waals surface area contributed by atoms with Crippen molar-refractivity contribution in [1.82, 2.24) is 14.9 Å². The van der Waals surface area contributed by atoms with Crippen LogP contribution in [0.25, 0.3) is 32.1 Å². The van der Waals surface area contributed by atoms with E-state index >= 15 is 4.39 Å². The molecular formula is C33H28ClF2N7O2S. The Morgan fingerprint density at radius 2 is 2.11 bits per heavy atom. The molecule has 3 atom stereocenters. The summed E-state index contributed by atoms with van der Waals surface area (Å²) in [4.78, 5) is 14.0. The van der Waals surface area contributed by atoms with Gasteiger partial charge in [-0.25, -0.2) is 8.78 Å². The Morgan fingerprint density at radius 1 is 1.26 bits per heavy atom. The van der Waals surface area contributed by atoms with Gasteiger partial charge in [-0.1, -0.05) is 24.6 Å². The van der Waals surface area contributed by atoms with Crippen LogP contribution in [0.15, 0.2) is 23.8 Å². The standard InChI is InChI=1S/C33H28ClF2N7O2S/c1-16-11-33(7-2-9-42(33)13-16)15-45-32-40-27-24-28(44-14-21-17(5-8-37)6-10-43(21)31(24)41-32)25(34)23(26(27)36)18-3-4-20(35)29-22(18)19(12-38)30(39)46-29/h3-5,16,21H,2,6-7,9-11,13-15,39H2,1H3/b17-5+/t16-,21?,33+/m1/s1. The van der Waals surface area contributed by atoms with E-state index in [1.54, 1.807) is 0 Å². The lowest BCUT2D eigenvalue weighted by molar-refractivity contribution is 0.107. The van der Waals surface area contributed by atoms with Gasteiger partial charge in [0.25, 0.3) is 0 Å². The van der Waals surface area contributed by atoms with Crippen molar-refractivity contribution in [3.8, 4) is 35.0 Å². The number of thiophene rings is 1. The van der Waals surface area contributed by atoms with E-state index in [1.165, 1.54) is 18.2 Å². The number of nitrogens with two attached hydrogens (primary N) is 1. The minimum absolute atomic E-state index is 0.0292. The van der Waals surface area contributed by atoms with E-state index in [2.05, 4.69) is 22.9 Å². The lowest BCUT2D eigenvalue weighted by Crippen LogP contribution is -2.43. The molecule has 234 valence electrons. The normalized spacial score (nSPS) is 24.6. The highest BCUT2D eigenvalue weighted by atomic mass is 35.5. The minimum atomic E-state index is -0.775. The first-order valence-corrected chi connectivity index (χ1v) is 16.4. The van der Waals surface area contributed by atoms with Crippen molar-refractivity contribution < 1.29 is 18.3 Å². The van der Waals surface area contributed by atoms with Crippen molar-refractivity contribution in [2.45, 2.75) is 44.2 Å². The number of anilines is 2. The molecule has 6 heterocycles. The van der Waals surface area contributed by atoms with Crippen LogP contribution in [0, 0.1) is 40.2 Å². The van der Waals surface area contributed by atoms with Gasteiger partial charge in [0.1, 0.15) is 41.4 Å². The SMILES string of the molecule is C[C@H]1CN2CCC[C@@]2(COc2nc3c4c(c(Cl)c(-c5ccc(F)c6sc(N)c(C#N)c56)c(F)c4n2)OCC2/C(=C/C#N)CCN32)C1. The lowest BCUT2D eigenvalue weighted by atomic mass is 9.92. The fraction of sp³-hybridized carbons (Fsp3) is 0.394. The number of rotatable bonds is 4. The molecular weight excluding hydrogens is 632 g/mol. The van der Waals surface area contributed by atoms with Gasteiger partial charge in [0.05, 0.1) is 38.3 Å². The smallest absolute Gasteiger partial charge is 0.319 e. The van der Waals surface area contributed by atoms with Crippen molar-refractivity contribution in [3.05, 3.63) is 46.0 Å². The molecule has 3 fully saturated rings. The van der Waals surface area contributed by atoms with E-state index in [-0.39, 0.29) is 77.7 Å². The molecule has 0 amide bonds. The molecule has 13 heteroatoms. The van der Waals surface area contributed by atoms with Crippen molar-refractivity contribution in [3.63, 3.8) is 0 Å². The van der Waals surface area contributed by atoms with Crippen LogP contribution >= 0.6 is 22.9 Å². The Bertz CT molecular complexity index is 2090. The van der Waals surface area contributed by atoms with E-state index in [0.29, 0.717) is 31.3 Å². The zero-order chi connectivity index (χ0) is 31.9. The summed E-state index contributed by atoms with van der Waals surface area (Å²) in [5, 5.41) is 19.9. The van der Waals surface area contributed by atoms with Gasteiger partial charge in [-0.3, -0.25) is 4.90 Å². The summed E-state index contributed by atoms with van der Waals surface area (Å²) in [5.74, 6) is -0.232. The van der Waals surface area contributed by atoms with Crippen molar-refractivity contribution >= 4 is 54.7 Å². The number of allylic oxidation sites excluding steroid dienone is 1. The van der Waals surface area contributed by atoms with Gasteiger partial charge in [-0.2, -0.15) is 20.5 Å². The molecule has 46 heavy (non-hydrogen) atoms. The van der Waals surface area contributed by atoms with Crippen molar-refractivity contribution in [2.75, 3.05) is 43.5 Å². The molecule has 0 aliphatic carbocycles. The third-order valence-corrected chi connectivity index (χ3v) is 11.4. The van der Waals surface area contributed by atoms with Gasteiger partial charge in [-0.05, 0) is 55.3 Å². The zero-order valence-electron chi connectivity index (χ0n) is 24.9. The third kappa shape index (κ3) is 4.17. The number of nitrogens with zero attached hydrogens (tertiary/aromatic N) is 6. The largest absolute Gasteiger partial charge is 0.489 e. The van der Waals surface area contributed by atoms with Crippen molar-refractivity contribution in [2.24, 2.45) is 5.92 Å². The number of benzene rings is 2. The van der Waals surface area contributed by atoms with Gasteiger partial charge in [0, 0.05) is 30.1 Å². The van der Waals surface area contributed by atoms with E-state index in [0.717, 1.165) is 49.3 Å². The Balaban J connectivity index is 1.35. The maximum atomic E-state index is 17.1. The van der Waals surface area contributed by atoms with Crippen LogP contribution in [0.2, 0.25) is 5.02 Å². The maximum Gasteiger partial charge on any atom is 0.319 e. The predicted molar refractivity (Wildman–Crippen MR) is 172 cm³/mol. The molecule has 0 radical (unpaired) electrons. The summed E-state index contributed by atoms with van der Waals surface area (Å²) in [7, 11) is 0. The second kappa shape index (κ2) is 10.7. The van der Waals surface area contributed by atoms with Crippen molar-refractivity contribution in [1.29, 1.82) is 10.5 Å². The van der Waals surface area contributed by atoms with Gasteiger partial charge in [0.2, 0.25) is 0 Å². The average Bonchev–Trinajstić information content (AvgIpc) is 3.75. The third-order valence-electron chi connectivity index (χ3n) is 9.97. The van der Waals surface area contributed by atoms with Crippen LogP contribution in [0.5, 0.6) is 11.8 Å². The molecule has 2 aromatic heterocycles. The molecule has 4 aromatic rings. The number of ether oxygens (including phenoxy) is 2. The first-order chi connectivity index (χ1) is 22.2. The average molecular weight is 660 g/mol. The van der Waals surface area contributed by atoms with Crippen LogP contribution in [-0.2, 0) is 0 Å². The van der Waals surface area contributed by atoms with Gasteiger partial charge in [0.15, 0.2) is 11.6 Å². The molecule has 0 saturated carbocycles. The van der Waals surface area contributed by atoms with Crippen LogP contribution in [-0.4, -0.2) is 59.3 Å². The molecule has 8 rings (SSSR count). The molecule has 1 unspecified atom stereocenters. The van der Waals surface area contributed by atoms with Crippen LogP contribution in [0.4, 0.5) is 19.6 Å². The van der Waals surface area contributed by atoms with Crippen LogP contribution in [0.3, 0.4) is 0 Å². The lowest BCUT2D eigenvalue weighted by Gasteiger charge is -2.31. The molecule has 0 bridgehead atoms. The molecule has 4 aliphatic rings. The van der Waals surface area contributed by atoms with Gasteiger partial charge in [-0.15, -0.1) is 11.3 Å². The summed E-state index contributed by atoms with van der Waals surface area (Å²) in [6, 6.07) is 6.46. The number of hydrogen-bond donors (Lipinski definition) is 1. The molecule has 2 aromatic carbocycles. The van der Waals surface area contributed by atoms with E-state index in [4.69, 9.17) is 31.8 Å². The number of hydrogen-bond acceptors (Lipinski definition) is 10. The number of fused-ring (bicyclic) bond motifs is 4. The van der Waals surface area contributed by atoms with Gasteiger partial charge < -0.3 is 20.1 Å². The number of halogens is 3. The highest BCUT2D eigenvalue weighted by Gasteiger charge is 2.48. The maximum absolute atomic E-state index is 17.1. The first-order valence-electron chi connectivity index (χ1n) is 15.2. The Labute approximate surface area is 272 Å². The molecule has 9 nitrogen and oxygen atoms in total. The number of nitriles is 2. The van der Waals surface area contributed by atoms with E-state index in [9.17, 15) is 14.9 Å². The van der Waals surface area contributed by atoms with Crippen LogP contribution < -0.4 is 20.1 Å². The predicted octanol–water partition coefficient (Wildman–Crippen LogP) is 6.57. The fourth-order valence-corrected chi connectivity index (χ4v) is 9.33. The molecule has 0 spiro atoms. The second-order valence-corrected chi connectivity index (χ2v) is 14.1. The highest BCUT2D eigenvalue weighted by Crippen LogP contribution is 2.52. The van der Waals surface area contributed by atoms with E-state index in [1.807, 2.05) is 11.0 Å². The summed E-state index contributed by atoms with van der Waals surface area (Å²) in [6.07, 6.45) is 5.23. The Kier molecular flexibility index (Phi) is 6.77. The molecule has 3 saturated heterocycles. The Morgan fingerprint density at radius 3 is 2.91 bits per heavy atom. The summed E-state index contributed by atoms with van der Waals surface area (Å²) < 4.78 is 44.9. The zero-order valence-corrected chi connectivity index (χ0v) is 26.4. The number of aromatic nitrogens is 2. The minimum Gasteiger partial charge on any atom is -0.489 e. The summed E-state index contributed by atoms with van der Waals surface area (Å²) >= 11 is 7.94. The first kappa shape index (κ1) is 29.2. The topological polar surface area (TPSA) is 124 Å². The Hall–Kier alpha value is -4.23.